The fourth-order valence-corrected chi connectivity index (χ4v) is 5.95. The van der Waals surface area contributed by atoms with Crippen molar-refractivity contribution < 1.29 is 12.8 Å². The molecule has 1 aliphatic heterocycles. The van der Waals surface area contributed by atoms with Crippen molar-refractivity contribution in [3.8, 4) is 5.69 Å². The average molecular weight is 463 g/mol. The first-order chi connectivity index (χ1) is 14.8. The van der Waals surface area contributed by atoms with Gasteiger partial charge in [0.25, 0.3) is 0 Å². The van der Waals surface area contributed by atoms with Crippen molar-refractivity contribution in [2.45, 2.75) is 25.3 Å². The molecule has 1 aromatic heterocycles. The second kappa shape index (κ2) is 8.70. The summed E-state index contributed by atoms with van der Waals surface area (Å²) in [6, 6.07) is 14.2. The number of benzene rings is 2. The molecule has 4 rings (SSSR count). The number of sulfonamides is 1. The van der Waals surface area contributed by atoms with Gasteiger partial charge in [0.05, 0.1) is 22.1 Å². The molecule has 0 aliphatic carbocycles. The molecule has 0 bridgehead atoms. The second-order valence-corrected chi connectivity index (χ2v) is 9.96. The maximum Gasteiger partial charge on any atom is 0.246 e. The third-order valence-corrected chi connectivity index (χ3v) is 7.99. The summed E-state index contributed by atoms with van der Waals surface area (Å²) in [5.41, 5.74) is 2.82. The number of aryl methyl sites for hydroxylation is 1. The normalized spacial score (nSPS) is 16.0. The molecule has 31 heavy (non-hydrogen) atoms. The van der Waals surface area contributed by atoms with Crippen molar-refractivity contribution in [1.29, 1.82) is 0 Å². The number of hydrogen-bond acceptors (Lipinski definition) is 4. The number of rotatable bonds is 5. The maximum atomic E-state index is 13.4. The van der Waals surface area contributed by atoms with Gasteiger partial charge in [-0.15, -0.1) is 0 Å². The van der Waals surface area contributed by atoms with E-state index in [2.05, 4.69) is 10.00 Å². The topological polar surface area (TPSA) is 58.4 Å². The lowest BCUT2D eigenvalue weighted by Gasteiger charge is -2.34. The largest absolute Gasteiger partial charge is 0.296 e. The molecule has 1 saturated heterocycles. The van der Waals surface area contributed by atoms with Crippen LogP contribution in [0, 0.1) is 19.7 Å². The van der Waals surface area contributed by atoms with Crippen LogP contribution in [0.5, 0.6) is 0 Å². The van der Waals surface area contributed by atoms with Crippen molar-refractivity contribution >= 4 is 21.6 Å². The van der Waals surface area contributed by atoms with Crippen molar-refractivity contribution in [2.75, 3.05) is 26.2 Å². The van der Waals surface area contributed by atoms with E-state index >= 15 is 0 Å². The minimum absolute atomic E-state index is 0.0973. The van der Waals surface area contributed by atoms with E-state index in [4.69, 9.17) is 11.6 Å². The van der Waals surface area contributed by atoms with Gasteiger partial charge < -0.3 is 0 Å². The molecule has 0 atom stereocenters. The molecule has 1 aliphatic rings. The highest BCUT2D eigenvalue weighted by atomic mass is 35.5. The van der Waals surface area contributed by atoms with E-state index in [-0.39, 0.29) is 9.92 Å². The Balaban J connectivity index is 1.49. The molecule has 0 unspecified atom stereocenters. The van der Waals surface area contributed by atoms with Crippen molar-refractivity contribution in [1.82, 2.24) is 19.0 Å². The fraction of sp³-hybridized carbons (Fsp3) is 0.318. The van der Waals surface area contributed by atoms with Crippen LogP contribution in [0.25, 0.3) is 5.69 Å². The molecule has 9 heteroatoms. The lowest BCUT2D eigenvalue weighted by atomic mass is 10.2. The van der Waals surface area contributed by atoms with Crippen LogP contribution in [-0.4, -0.2) is 53.6 Å². The molecule has 1 fully saturated rings. The Morgan fingerprint density at radius 2 is 1.71 bits per heavy atom. The quantitative estimate of drug-likeness (QED) is 0.579. The van der Waals surface area contributed by atoms with Crippen LogP contribution in [-0.2, 0) is 16.6 Å². The first-order valence-electron chi connectivity index (χ1n) is 10.1. The Kier molecular flexibility index (Phi) is 6.16. The van der Waals surface area contributed by atoms with E-state index in [1.807, 2.05) is 30.3 Å². The van der Waals surface area contributed by atoms with Crippen LogP contribution in [0.3, 0.4) is 0 Å². The Morgan fingerprint density at radius 3 is 2.35 bits per heavy atom. The third-order valence-electron chi connectivity index (χ3n) is 5.55. The molecule has 0 spiro atoms. The summed E-state index contributed by atoms with van der Waals surface area (Å²) in [5, 5.41) is 4.58. The zero-order valence-corrected chi connectivity index (χ0v) is 19.0. The molecule has 0 saturated carbocycles. The number of para-hydroxylation sites is 1. The Hall–Kier alpha value is -2.26. The first-order valence-corrected chi connectivity index (χ1v) is 11.9. The van der Waals surface area contributed by atoms with Gasteiger partial charge in [0.15, 0.2) is 0 Å². The van der Waals surface area contributed by atoms with Gasteiger partial charge in [0.2, 0.25) is 10.0 Å². The van der Waals surface area contributed by atoms with Crippen LogP contribution in [0.2, 0.25) is 5.02 Å². The van der Waals surface area contributed by atoms with Gasteiger partial charge in [-0.05, 0) is 43.7 Å². The zero-order valence-electron chi connectivity index (χ0n) is 17.4. The Bertz CT molecular complexity index is 1190. The molecule has 0 N–H and O–H groups in total. The van der Waals surface area contributed by atoms with E-state index in [0.29, 0.717) is 44.1 Å². The van der Waals surface area contributed by atoms with Gasteiger partial charge in [0.1, 0.15) is 10.7 Å². The lowest BCUT2D eigenvalue weighted by molar-refractivity contribution is 0.181. The average Bonchev–Trinajstić information content (AvgIpc) is 3.06. The molecule has 0 amide bonds. The summed E-state index contributed by atoms with van der Waals surface area (Å²) in [6.45, 7) is 6.04. The highest BCUT2D eigenvalue weighted by molar-refractivity contribution is 7.89. The molecule has 164 valence electrons. The monoisotopic (exact) mass is 462 g/mol. The van der Waals surface area contributed by atoms with Crippen LogP contribution in [0.1, 0.15) is 17.0 Å². The van der Waals surface area contributed by atoms with Gasteiger partial charge in [-0.1, -0.05) is 35.9 Å². The highest BCUT2D eigenvalue weighted by Crippen LogP contribution is 2.27. The highest BCUT2D eigenvalue weighted by Gasteiger charge is 2.33. The maximum absolute atomic E-state index is 13.4. The smallest absolute Gasteiger partial charge is 0.246 e. The fourth-order valence-electron chi connectivity index (χ4n) is 3.98. The summed E-state index contributed by atoms with van der Waals surface area (Å²) in [6.07, 6.45) is 0. The second-order valence-electron chi connectivity index (χ2n) is 7.68. The number of hydrogen-bond donors (Lipinski definition) is 0. The van der Waals surface area contributed by atoms with Crippen LogP contribution in [0.4, 0.5) is 4.39 Å². The number of halogens is 2. The van der Waals surface area contributed by atoms with E-state index in [0.717, 1.165) is 11.3 Å². The molecule has 2 aromatic carbocycles. The van der Waals surface area contributed by atoms with Crippen LogP contribution in [0.15, 0.2) is 53.4 Å². The van der Waals surface area contributed by atoms with Gasteiger partial charge in [-0.3, -0.25) is 4.90 Å². The first kappa shape index (κ1) is 22.0. The minimum Gasteiger partial charge on any atom is -0.296 e. The third kappa shape index (κ3) is 4.39. The molecular weight excluding hydrogens is 439 g/mol. The summed E-state index contributed by atoms with van der Waals surface area (Å²) in [7, 11) is -3.67. The van der Waals surface area contributed by atoms with Crippen molar-refractivity contribution in [3.63, 3.8) is 0 Å². The van der Waals surface area contributed by atoms with Gasteiger partial charge in [-0.2, -0.15) is 9.40 Å². The molecule has 3 aromatic rings. The predicted octanol–water partition coefficient (Wildman–Crippen LogP) is 3.79. The number of piperazine rings is 1. The Morgan fingerprint density at radius 1 is 1.03 bits per heavy atom. The van der Waals surface area contributed by atoms with Gasteiger partial charge in [-0.25, -0.2) is 17.5 Å². The van der Waals surface area contributed by atoms with E-state index < -0.39 is 15.8 Å². The van der Waals surface area contributed by atoms with Crippen LogP contribution < -0.4 is 0 Å². The lowest BCUT2D eigenvalue weighted by Crippen LogP contribution is -2.48. The summed E-state index contributed by atoms with van der Waals surface area (Å²) < 4.78 is 43.4. The van der Waals surface area contributed by atoms with E-state index in [1.54, 1.807) is 30.7 Å². The molecule has 6 nitrogen and oxygen atoms in total. The SMILES string of the molecule is Cc1nn(-c2ccccc2)c(C)c1S(=O)(=O)N1CCN(Cc2ccc(F)c(Cl)c2)CC1. The summed E-state index contributed by atoms with van der Waals surface area (Å²) >= 11 is 5.87. The number of nitrogens with zero attached hydrogens (tertiary/aromatic N) is 4. The number of aromatic nitrogens is 2. The van der Waals surface area contributed by atoms with E-state index in [1.165, 1.54) is 10.4 Å². The van der Waals surface area contributed by atoms with Crippen molar-refractivity contribution in [2.24, 2.45) is 0 Å². The summed E-state index contributed by atoms with van der Waals surface area (Å²) in [4.78, 5) is 2.41. The standard InChI is InChI=1S/C22H24ClFN4O2S/c1-16-22(17(2)28(25-16)19-6-4-3-5-7-19)31(29,30)27-12-10-26(11-13-27)15-18-8-9-21(24)20(23)14-18/h3-9,14H,10-13,15H2,1-2H3. The van der Waals surface area contributed by atoms with Crippen molar-refractivity contribution in [3.05, 3.63) is 76.3 Å². The van der Waals surface area contributed by atoms with Crippen LogP contribution >= 0.6 is 11.6 Å². The van der Waals surface area contributed by atoms with E-state index in [9.17, 15) is 12.8 Å². The van der Waals surface area contributed by atoms with Gasteiger partial charge >= 0.3 is 0 Å². The zero-order chi connectivity index (χ0) is 22.2. The van der Waals surface area contributed by atoms with Gasteiger partial charge in [0, 0.05) is 32.7 Å². The Labute approximate surface area is 186 Å². The predicted molar refractivity (Wildman–Crippen MR) is 118 cm³/mol. The minimum atomic E-state index is -3.67. The summed E-state index contributed by atoms with van der Waals surface area (Å²) in [5.74, 6) is -0.442. The molecule has 0 radical (unpaired) electrons. The molecular formula is C22H24ClFN4O2S. The molecule has 2 heterocycles.